The van der Waals surface area contributed by atoms with Crippen molar-refractivity contribution in [2.24, 2.45) is 0 Å². The van der Waals surface area contributed by atoms with E-state index in [0.29, 0.717) is 0 Å². The monoisotopic (exact) mass is 343 g/mol. The highest BCUT2D eigenvalue weighted by molar-refractivity contribution is 5.99. The fourth-order valence-corrected chi connectivity index (χ4v) is 1.42. The van der Waals surface area contributed by atoms with Crippen LogP contribution in [0.5, 0.6) is 0 Å². The molecule has 0 aliphatic rings. The summed E-state index contributed by atoms with van der Waals surface area (Å²) in [5, 5.41) is 4.61. The highest BCUT2D eigenvalue weighted by Crippen LogP contribution is 2.06. The van der Waals surface area contributed by atoms with Gasteiger partial charge in [-0.1, -0.05) is 6.58 Å². The molecule has 3 amide bonds. The molecule has 0 aromatic heterocycles. The fourth-order valence-electron chi connectivity index (χ4n) is 1.42. The van der Waals surface area contributed by atoms with Crippen molar-refractivity contribution in [2.45, 2.75) is 39.3 Å². The number of alkyl carbamates (subject to hydrolysis) is 1. The number of ether oxygens (including phenoxy) is 2. The third-order valence-corrected chi connectivity index (χ3v) is 2.60. The van der Waals surface area contributed by atoms with Gasteiger partial charge in [0.25, 0.3) is 5.91 Å². The van der Waals surface area contributed by atoms with Gasteiger partial charge < -0.3 is 25.0 Å². The van der Waals surface area contributed by atoms with E-state index in [1.54, 1.807) is 20.8 Å². The lowest BCUT2D eigenvalue weighted by Crippen LogP contribution is -2.48. The van der Waals surface area contributed by atoms with Crippen LogP contribution in [0, 0.1) is 0 Å². The van der Waals surface area contributed by atoms with Crippen LogP contribution in [0.15, 0.2) is 12.3 Å². The molecule has 0 aromatic carbocycles. The van der Waals surface area contributed by atoms with Crippen molar-refractivity contribution in [3.8, 4) is 0 Å². The van der Waals surface area contributed by atoms with E-state index in [0.717, 1.165) is 4.90 Å². The molecule has 1 atom stereocenters. The van der Waals surface area contributed by atoms with Crippen molar-refractivity contribution in [1.29, 1.82) is 0 Å². The zero-order valence-electron chi connectivity index (χ0n) is 14.9. The Hall–Kier alpha value is -2.58. The lowest BCUT2D eigenvalue weighted by Gasteiger charge is -2.22. The number of hydrogen-bond acceptors (Lipinski definition) is 6. The predicted octanol–water partition coefficient (Wildman–Crippen LogP) is 0.161. The average molecular weight is 343 g/mol. The van der Waals surface area contributed by atoms with Gasteiger partial charge in [-0.2, -0.15) is 0 Å². The van der Waals surface area contributed by atoms with E-state index in [1.807, 2.05) is 0 Å². The molecule has 0 rings (SSSR count). The second-order valence-electron chi connectivity index (χ2n) is 6.07. The third kappa shape index (κ3) is 8.16. The molecule has 136 valence electrons. The van der Waals surface area contributed by atoms with Gasteiger partial charge in [-0.3, -0.25) is 14.4 Å². The summed E-state index contributed by atoms with van der Waals surface area (Å²) < 4.78 is 9.47. The zero-order valence-corrected chi connectivity index (χ0v) is 14.9. The Morgan fingerprint density at radius 2 is 1.75 bits per heavy atom. The molecule has 0 aliphatic heterocycles. The summed E-state index contributed by atoms with van der Waals surface area (Å²) >= 11 is 0. The van der Waals surface area contributed by atoms with E-state index in [1.165, 1.54) is 21.1 Å². The Bertz CT molecular complexity index is 524. The van der Waals surface area contributed by atoms with Crippen molar-refractivity contribution < 1.29 is 28.7 Å². The summed E-state index contributed by atoms with van der Waals surface area (Å²) in [6, 6.07) is -0.949. The predicted molar refractivity (Wildman–Crippen MR) is 85.8 cm³/mol. The smallest absolute Gasteiger partial charge is 0.408 e. The minimum absolute atomic E-state index is 0.232. The molecule has 0 bridgehead atoms. The van der Waals surface area contributed by atoms with E-state index in [9.17, 15) is 19.2 Å². The molecule has 2 N–H and O–H groups in total. The largest absolute Gasteiger partial charge is 0.468 e. The molecule has 24 heavy (non-hydrogen) atoms. The second kappa shape index (κ2) is 8.90. The highest BCUT2D eigenvalue weighted by atomic mass is 16.6. The Labute approximate surface area is 141 Å². The number of nitrogens with zero attached hydrogens (tertiary/aromatic N) is 1. The van der Waals surface area contributed by atoms with Crippen molar-refractivity contribution in [3.63, 3.8) is 0 Å². The first-order chi connectivity index (χ1) is 10.9. The number of carbonyl (C=O) groups excluding carboxylic acids is 4. The maximum absolute atomic E-state index is 12.0. The summed E-state index contributed by atoms with van der Waals surface area (Å²) in [6.07, 6.45) is -0.759. The van der Waals surface area contributed by atoms with Crippen molar-refractivity contribution in [2.75, 3.05) is 20.7 Å². The first-order valence-electron chi connectivity index (χ1n) is 7.19. The van der Waals surface area contributed by atoms with Crippen LogP contribution < -0.4 is 10.6 Å². The van der Waals surface area contributed by atoms with E-state index in [4.69, 9.17) is 4.74 Å². The van der Waals surface area contributed by atoms with Gasteiger partial charge in [0.05, 0.1) is 12.8 Å². The molecular weight excluding hydrogens is 318 g/mol. The van der Waals surface area contributed by atoms with Crippen molar-refractivity contribution >= 4 is 23.9 Å². The summed E-state index contributed by atoms with van der Waals surface area (Å²) in [6.45, 7) is 9.66. The third-order valence-electron chi connectivity index (χ3n) is 2.60. The summed E-state index contributed by atoms with van der Waals surface area (Å²) in [7, 11) is 2.56. The molecule has 0 unspecified atom stereocenters. The van der Waals surface area contributed by atoms with Crippen LogP contribution in [0.2, 0.25) is 0 Å². The minimum atomic E-state index is -0.949. The Kier molecular flexibility index (Phi) is 7.94. The molecule has 0 radical (unpaired) electrons. The maximum Gasteiger partial charge on any atom is 0.408 e. The van der Waals surface area contributed by atoms with E-state index in [2.05, 4.69) is 21.9 Å². The summed E-state index contributed by atoms with van der Waals surface area (Å²) in [5.74, 6) is -1.91. The standard InChI is InChI=1S/C15H25N3O6/c1-9(17-14(22)24-15(3,4)5)12(20)16-10(2)13(21)18(6)8-11(19)23-7/h9H,2,8H2,1,3-7H3,(H,16,20)(H,17,22)/t9-/m1/s1. The highest BCUT2D eigenvalue weighted by Gasteiger charge is 2.23. The molecule has 0 fully saturated rings. The Balaban J connectivity index is 4.53. The van der Waals surface area contributed by atoms with Gasteiger partial charge in [0.2, 0.25) is 5.91 Å². The number of carbonyl (C=O) groups is 4. The lowest BCUT2D eigenvalue weighted by atomic mass is 10.2. The number of nitrogens with one attached hydrogen (secondary N) is 2. The molecular formula is C15H25N3O6. The van der Waals surface area contributed by atoms with Gasteiger partial charge in [-0.25, -0.2) is 4.79 Å². The number of amides is 3. The van der Waals surface area contributed by atoms with Crippen LogP contribution >= 0.6 is 0 Å². The molecule has 0 heterocycles. The topological polar surface area (TPSA) is 114 Å². The van der Waals surface area contributed by atoms with Crippen LogP contribution in [0.3, 0.4) is 0 Å². The van der Waals surface area contributed by atoms with Gasteiger partial charge in [-0.05, 0) is 27.7 Å². The molecule has 0 saturated carbocycles. The molecule has 0 saturated heterocycles. The van der Waals surface area contributed by atoms with Crippen LogP contribution in [0.25, 0.3) is 0 Å². The van der Waals surface area contributed by atoms with Crippen LogP contribution in [0.1, 0.15) is 27.7 Å². The van der Waals surface area contributed by atoms with Gasteiger partial charge in [0.1, 0.15) is 18.2 Å². The first-order valence-corrected chi connectivity index (χ1v) is 7.19. The zero-order chi connectivity index (χ0) is 19.1. The van der Waals surface area contributed by atoms with Gasteiger partial charge in [0, 0.05) is 7.05 Å². The SMILES string of the molecule is C=C(NC(=O)[C@@H](C)NC(=O)OC(C)(C)C)C(=O)N(C)CC(=O)OC. The van der Waals surface area contributed by atoms with Crippen LogP contribution in [-0.4, -0.2) is 61.1 Å². The molecule has 9 heteroatoms. The first kappa shape index (κ1) is 21.4. The number of likely N-dealkylation sites (N-methyl/N-ethyl adjacent to an activating group) is 1. The number of rotatable bonds is 6. The van der Waals surface area contributed by atoms with Crippen molar-refractivity contribution in [3.05, 3.63) is 12.3 Å². The Morgan fingerprint density at radius 3 is 2.21 bits per heavy atom. The minimum Gasteiger partial charge on any atom is -0.468 e. The van der Waals surface area contributed by atoms with Gasteiger partial charge >= 0.3 is 12.1 Å². The Morgan fingerprint density at radius 1 is 1.21 bits per heavy atom. The normalized spacial score (nSPS) is 11.8. The lowest BCUT2D eigenvalue weighted by molar-refractivity contribution is -0.145. The summed E-state index contributed by atoms with van der Waals surface area (Å²) in [5.41, 5.74) is -0.930. The average Bonchev–Trinajstić information content (AvgIpc) is 2.43. The van der Waals surface area contributed by atoms with Crippen LogP contribution in [-0.2, 0) is 23.9 Å². The number of methoxy groups -OCH3 is 1. The van der Waals surface area contributed by atoms with Crippen molar-refractivity contribution in [1.82, 2.24) is 15.5 Å². The quantitative estimate of drug-likeness (QED) is 0.524. The molecule has 0 spiro atoms. The molecule has 0 aliphatic carbocycles. The second-order valence-corrected chi connectivity index (χ2v) is 6.07. The van der Waals surface area contributed by atoms with Gasteiger partial charge in [-0.15, -0.1) is 0 Å². The number of esters is 1. The maximum atomic E-state index is 12.0. The van der Waals surface area contributed by atoms with E-state index < -0.39 is 35.5 Å². The van der Waals surface area contributed by atoms with Crippen LogP contribution in [0.4, 0.5) is 4.79 Å². The molecule has 9 nitrogen and oxygen atoms in total. The summed E-state index contributed by atoms with van der Waals surface area (Å²) in [4.78, 5) is 47.7. The van der Waals surface area contributed by atoms with E-state index >= 15 is 0 Å². The fraction of sp³-hybridized carbons (Fsp3) is 0.600. The number of hydrogen-bond donors (Lipinski definition) is 2. The molecule has 0 aromatic rings. The van der Waals surface area contributed by atoms with Gasteiger partial charge in [0.15, 0.2) is 0 Å². The van der Waals surface area contributed by atoms with E-state index in [-0.39, 0.29) is 12.2 Å².